The van der Waals surface area contributed by atoms with Crippen LogP contribution < -0.4 is 0 Å². The van der Waals surface area contributed by atoms with E-state index in [4.69, 9.17) is 5.11 Å². The molecular weight excluding hydrogens is 283 g/mol. The molecule has 0 saturated heterocycles. The molecular formula is C13H15FN2O5. The van der Waals surface area contributed by atoms with Crippen molar-refractivity contribution in [3.8, 4) is 0 Å². The summed E-state index contributed by atoms with van der Waals surface area (Å²) in [4.78, 5) is 33.8. The number of carbonyl (C=O) groups is 2. The van der Waals surface area contributed by atoms with Gasteiger partial charge in [0.2, 0.25) is 5.82 Å². The number of aliphatic carboxylic acids is 1. The lowest BCUT2D eigenvalue weighted by molar-refractivity contribution is -0.387. The molecule has 0 fully saturated rings. The molecule has 0 atom stereocenters. The van der Waals surface area contributed by atoms with Crippen LogP contribution in [-0.2, 0) is 4.79 Å². The lowest BCUT2D eigenvalue weighted by atomic mass is 10.0. The number of carboxylic acid groups (broad SMARTS) is 1. The summed E-state index contributed by atoms with van der Waals surface area (Å²) < 4.78 is 13.6. The van der Waals surface area contributed by atoms with E-state index in [2.05, 4.69) is 0 Å². The summed E-state index contributed by atoms with van der Waals surface area (Å²) in [6.07, 6.45) is 0. The number of nitro groups is 1. The van der Waals surface area contributed by atoms with Crippen LogP contribution in [0.2, 0.25) is 0 Å². The maximum absolute atomic E-state index is 13.6. The molecule has 0 saturated carbocycles. The molecule has 0 aliphatic heterocycles. The van der Waals surface area contributed by atoms with Gasteiger partial charge in [-0.2, -0.15) is 4.39 Å². The highest BCUT2D eigenvalue weighted by molar-refractivity contribution is 5.96. The topological polar surface area (TPSA) is 101 Å². The molecule has 1 amide bonds. The number of carbonyl (C=O) groups excluding carboxylic acids is 1. The van der Waals surface area contributed by atoms with E-state index < -0.39 is 40.4 Å². The molecule has 8 heteroatoms. The van der Waals surface area contributed by atoms with Gasteiger partial charge < -0.3 is 10.0 Å². The molecule has 0 aromatic heterocycles. The van der Waals surface area contributed by atoms with E-state index in [0.29, 0.717) is 0 Å². The molecule has 0 spiro atoms. The van der Waals surface area contributed by atoms with Gasteiger partial charge in [0, 0.05) is 17.2 Å². The molecule has 0 aliphatic carbocycles. The Kier molecular flexibility index (Phi) is 4.62. The Balaban J connectivity index is 3.18. The van der Waals surface area contributed by atoms with Crippen LogP contribution in [0.15, 0.2) is 18.2 Å². The van der Waals surface area contributed by atoms with E-state index in [1.807, 2.05) is 0 Å². The highest BCUT2D eigenvalue weighted by atomic mass is 19.1. The van der Waals surface area contributed by atoms with Crippen molar-refractivity contribution in [2.75, 3.05) is 6.54 Å². The molecule has 0 radical (unpaired) electrons. The van der Waals surface area contributed by atoms with E-state index in [-0.39, 0.29) is 5.56 Å². The number of nitro benzene ring substituents is 1. The second kappa shape index (κ2) is 5.86. The maximum Gasteiger partial charge on any atom is 0.323 e. The van der Waals surface area contributed by atoms with Crippen molar-refractivity contribution in [3.05, 3.63) is 39.7 Å². The Morgan fingerprint density at radius 1 is 1.38 bits per heavy atom. The van der Waals surface area contributed by atoms with Gasteiger partial charge in [-0.05, 0) is 32.9 Å². The third-order valence-electron chi connectivity index (χ3n) is 2.74. The lowest BCUT2D eigenvalue weighted by Gasteiger charge is -2.34. The zero-order valence-electron chi connectivity index (χ0n) is 11.8. The smallest absolute Gasteiger partial charge is 0.323 e. The van der Waals surface area contributed by atoms with Gasteiger partial charge in [-0.25, -0.2) is 0 Å². The van der Waals surface area contributed by atoms with Gasteiger partial charge in [0.05, 0.1) is 4.92 Å². The van der Waals surface area contributed by atoms with Crippen molar-refractivity contribution in [2.24, 2.45) is 0 Å². The summed E-state index contributed by atoms with van der Waals surface area (Å²) in [5.41, 5.74) is -1.69. The number of nitrogens with zero attached hydrogens (tertiary/aromatic N) is 2. The predicted molar refractivity (Wildman–Crippen MR) is 71.5 cm³/mol. The minimum atomic E-state index is -1.21. The predicted octanol–water partition coefficient (Wildman–Crippen LogP) is 2.06. The Hall–Kier alpha value is -2.51. The number of amides is 1. The van der Waals surface area contributed by atoms with Crippen LogP contribution in [-0.4, -0.2) is 38.9 Å². The van der Waals surface area contributed by atoms with Gasteiger partial charge in [0.25, 0.3) is 5.91 Å². The first-order valence-corrected chi connectivity index (χ1v) is 6.01. The molecule has 0 bridgehead atoms. The van der Waals surface area contributed by atoms with Crippen LogP contribution in [0.25, 0.3) is 0 Å². The van der Waals surface area contributed by atoms with Crippen LogP contribution >= 0.6 is 0 Å². The molecule has 114 valence electrons. The molecule has 7 nitrogen and oxygen atoms in total. The third-order valence-corrected chi connectivity index (χ3v) is 2.74. The van der Waals surface area contributed by atoms with E-state index in [1.54, 1.807) is 20.8 Å². The van der Waals surface area contributed by atoms with E-state index in [9.17, 15) is 24.1 Å². The minimum absolute atomic E-state index is 0.144. The second-order valence-corrected chi connectivity index (χ2v) is 5.38. The SMILES string of the molecule is CC(C)(C)N(CC(=O)O)C(=O)c1ccc([N+](=O)[O-])c(F)c1. The van der Waals surface area contributed by atoms with Crippen molar-refractivity contribution < 1.29 is 24.0 Å². The lowest BCUT2D eigenvalue weighted by Crippen LogP contribution is -2.48. The van der Waals surface area contributed by atoms with Gasteiger partial charge in [0.1, 0.15) is 6.54 Å². The molecule has 0 unspecified atom stereocenters. The van der Waals surface area contributed by atoms with Crippen molar-refractivity contribution in [1.29, 1.82) is 0 Å². The maximum atomic E-state index is 13.6. The fraction of sp³-hybridized carbons (Fsp3) is 0.385. The van der Waals surface area contributed by atoms with Crippen LogP contribution in [0.4, 0.5) is 10.1 Å². The van der Waals surface area contributed by atoms with E-state index in [1.165, 1.54) is 0 Å². The van der Waals surface area contributed by atoms with E-state index in [0.717, 1.165) is 23.1 Å². The first-order chi connectivity index (χ1) is 9.54. The van der Waals surface area contributed by atoms with Crippen molar-refractivity contribution >= 4 is 17.6 Å². The van der Waals surface area contributed by atoms with Gasteiger partial charge in [-0.1, -0.05) is 0 Å². The largest absolute Gasteiger partial charge is 0.480 e. The first-order valence-electron chi connectivity index (χ1n) is 6.01. The normalized spacial score (nSPS) is 11.0. The molecule has 1 rings (SSSR count). The monoisotopic (exact) mass is 298 g/mol. The molecule has 0 heterocycles. The van der Waals surface area contributed by atoms with Gasteiger partial charge >= 0.3 is 11.7 Å². The summed E-state index contributed by atoms with van der Waals surface area (Å²) in [7, 11) is 0. The zero-order chi connectivity index (χ0) is 16.4. The summed E-state index contributed by atoms with van der Waals surface area (Å²) >= 11 is 0. The third kappa shape index (κ3) is 3.98. The summed E-state index contributed by atoms with van der Waals surface area (Å²) in [5, 5.41) is 19.4. The van der Waals surface area contributed by atoms with Crippen LogP contribution in [0, 0.1) is 15.9 Å². The standard InChI is InChI=1S/C13H15FN2O5/c1-13(2,3)15(7-11(17)18)12(19)8-4-5-10(16(20)21)9(14)6-8/h4-6H,7H2,1-3H3,(H,17,18). The molecule has 1 aromatic rings. The summed E-state index contributed by atoms with van der Waals surface area (Å²) in [6, 6.07) is 2.72. The van der Waals surface area contributed by atoms with E-state index >= 15 is 0 Å². The molecule has 1 aromatic carbocycles. The first kappa shape index (κ1) is 16.5. The Morgan fingerprint density at radius 3 is 2.33 bits per heavy atom. The Morgan fingerprint density at radius 2 is 1.95 bits per heavy atom. The number of hydrogen-bond donors (Lipinski definition) is 1. The summed E-state index contributed by atoms with van der Waals surface area (Å²) in [5.74, 6) is -3.06. The van der Waals surface area contributed by atoms with Gasteiger partial charge in [0.15, 0.2) is 0 Å². The van der Waals surface area contributed by atoms with Crippen LogP contribution in [0.3, 0.4) is 0 Å². The van der Waals surface area contributed by atoms with Gasteiger partial charge in [-0.15, -0.1) is 0 Å². The minimum Gasteiger partial charge on any atom is -0.480 e. The number of halogens is 1. The van der Waals surface area contributed by atoms with Crippen LogP contribution in [0.5, 0.6) is 0 Å². The number of rotatable bonds is 4. The van der Waals surface area contributed by atoms with Crippen molar-refractivity contribution in [3.63, 3.8) is 0 Å². The Bertz CT molecular complexity index is 595. The highest BCUT2D eigenvalue weighted by Crippen LogP contribution is 2.22. The average molecular weight is 298 g/mol. The molecule has 1 N–H and O–H groups in total. The number of carboxylic acids is 1. The second-order valence-electron chi connectivity index (χ2n) is 5.38. The number of benzene rings is 1. The summed E-state index contributed by atoms with van der Waals surface area (Å²) in [6.45, 7) is 4.35. The molecule has 21 heavy (non-hydrogen) atoms. The van der Waals surface area contributed by atoms with Gasteiger partial charge in [-0.3, -0.25) is 19.7 Å². The average Bonchev–Trinajstić information content (AvgIpc) is 2.33. The Labute approximate surface area is 120 Å². The van der Waals surface area contributed by atoms with Crippen LogP contribution in [0.1, 0.15) is 31.1 Å². The fourth-order valence-corrected chi connectivity index (χ4v) is 1.69. The fourth-order valence-electron chi connectivity index (χ4n) is 1.69. The molecule has 0 aliphatic rings. The number of hydrogen-bond acceptors (Lipinski definition) is 4. The van der Waals surface area contributed by atoms with Crippen molar-refractivity contribution in [1.82, 2.24) is 4.90 Å². The highest BCUT2D eigenvalue weighted by Gasteiger charge is 2.30. The zero-order valence-corrected chi connectivity index (χ0v) is 11.8. The quantitative estimate of drug-likeness (QED) is 0.677. The van der Waals surface area contributed by atoms with Crippen molar-refractivity contribution in [2.45, 2.75) is 26.3 Å².